The van der Waals surface area contributed by atoms with Crippen molar-refractivity contribution < 1.29 is 37.6 Å². The molecule has 0 bridgehead atoms. The Morgan fingerprint density at radius 3 is 2.60 bits per heavy atom. The second-order valence-electron chi connectivity index (χ2n) is 10.5. The van der Waals surface area contributed by atoms with Gasteiger partial charge in [-0.15, -0.1) is 0 Å². The molecule has 1 aromatic carbocycles. The lowest BCUT2D eigenvalue weighted by atomic mass is 9.66. The van der Waals surface area contributed by atoms with Crippen LogP contribution in [0.5, 0.6) is 0 Å². The Hall–Kier alpha value is -4.59. The maximum Gasteiger partial charge on any atom is 0.416 e. The summed E-state index contributed by atoms with van der Waals surface area (Å²) < 4.78 is 33.2. The standard InChI is InChI=1S/C26H23FN6O7/c1-11-9-32-18-13(8-26(20(32)12(2)38-11)22(34)29-24(36)30-23(26)35)7-14-19(17(18)27)40-31-21(14)33-10-16(39-25(33)37)15-5-3-4-6-28-15/h3-7,11-12,16,20H,8-10H2,1-2H3,(H2,29,30,34,35,36)/t11-,12+,16-,20-/m1/s1. The third-order valence-corrected chi connectivity index (χ3v) is 8.03. The molecular formula is C26H23FN6O7. The number of cyclic esters (lactones) is 1. The van der Waals surface area contributed by atoms with Gasteiger partial charge in [0, 0.05) is 19.2 Å². The molecule has 3 aromatic rings. The maximum atomic E-state index is 16.3. The van der Waals surface area contributed by atoms with Gasteiger partial charge < -0.3 is 18.9 Å². The smallest absolute Gasteiger partial charge is 0.416 e. The molecule has 2 N–H and O–H groups in total. The number of rotatable bonds is 2. The molecule has 206 valence electrons. The molecule has 3 fully saturated rings. The summed E-state index contributed by atoms with van der Waals surface area (Å²) >= 11 is 0. The largest absolute Gasteiger partial charge is 0.437 e. The van der Waals surface area contributed by atoms with E-state index in [2.05, 4.69) is 20.8 Å². The minimum Gasteiger partial charge on any atom is -0.437 e. The van der Waals surface area contributed by atoms with E-state index < -0.39 is 53.4 Å². The lowest BCUT2D eigenvalue weighted by molar-refractivity contribution is -0.153. The zero-order valence-electron chi connectivity index (χ0n) is 21.3. The fourth-order valence-corrected chi connectivity index (χ4v) is 6.49. The van der Waals surface area contributed by atoms with Crippen molar-refractivity contribution in [2.75, 3.05) is 22.9 Å². The molecule has 13 nitrogen and oxygen atoms in total. The van der Waals surface area contributed by atoms with Gasteiger partial charge >= 0.3 is 12.1 Å². The summed E-state index contributed by atoms with van der Waals surface area (Å²) in [4.78, 5) is 58.7. The van der Waals surface area contributed by atoms with Gasteiger partial charge in [-0.25, -0.2) is 14.0 Å². The molecule has 0 aliphatic carbocycles. The Kier molecular flexibility index (Phi) is 5.17. The van der Waals surface area contributed by atoms with Gasteiger partial charge in [0.05, 0.1) is 41.6 Å². The average Bonchev–Trinajstić information content (AvgIpc) is 3.50. The SMILES string of the molecule is C[C@@H]1CN2c3c(cc4c(N5C[C@H](c6ccccn6)OC5=O)noc4c3F)CC3(C(=O)NC(=O)NC3=O)[C@H]2[C@H](C)O1. The molecule has 3 saturated heterocycles. The average molecular weight is 551 g/mol. The Bertz CT molecular complexity index is 1590. The van der Waals surface area contributed by atoms with E-state index in [1.54, 1.807) is 49.2 Å². The van der Waals surface area contributed by atoms with Crippen LogP contribution in [-0.4, -0.2) is 65.4 Å². The number of hydrogen-bond donors (Lipinski definition) is 2. The van der Waals surface area contributed by atoms with Crippen molar-refractivity contribution in [1.29, 1.82) is 0 Å². The highest BCUT2D eigenvalue weighted by atomic mass is 19.1. The van der Waals surface area contributed by atoms with Crippen molar-refractivity contribution >= 4 is 46.4 Å². The van der Waals surface area contributed by atoms with Crippen LogP contribution in [0.25, 0.3) is 11.0 Å². The number of benzene rings is 1. The number of urea groups is 1. The first-order valence-corrected chi connectivity index (χ1v) is 12.8. The summed E-state index contributed by atoms with van der Waals surface area (Å²) in [5.41, 5.74) is -0.950. The lowest BCUT2D eigenvalue weighted by Crippen LogP contribution is -2.75. The van der Waals surface area contributed by atoms with Crippen LogP contribution in [0.4, 0.5) is 25.5 Å². The molecule has 7 rings (SSSR count). The molecule has 6 heterocycles. The number of aromatic nitrogens is 2. The first kappa shape index (κ1) is 24.5. The van der Waals surface area contributed by atoms with Gasteiger partial charge in [0.1, 0.15) is 0 Å². The molecule has 4 atom stereocenters. The number of imide groups is 2. The van der Waals surface area contributed by atoms with Crippen LogP contribution in [0.1, 0.15) is 31.2 Å². The first-order chi connectivity index (χ1) is 19.2. The highest BCUT2D eigenvalue weighted by Crippen LogP contribution is 2.50. The molecule has 5 amide bonds. The number of morpholine rings is 1. The van der Waals surface area contributed by atoms with E-state index in [9.17, 15) is 19.2 Å². The van der Waals surface area contributed by atoms with Crippen molar-refractivity contribution in [1.82, 2.24) is 20.8 Å². The summed E-state index contributed by atoms with van der Waals surface area (Å²) in [5.74, 6) is -2.29. The fourth-order valence-electron chi connectivity index (χ4n) is 6.49. The summed E-state index contributed by atoms with van der Waals surface area (Å²) in [7, 11) is 0. The van der Waals surface area contributed by atoms with Crippen molar-refractivity contribution in [3.8, 4) is 0 Å². The molecule has 4 aliphatic rings. The van der Waals surface area contributed by atoms with Gasteiger partial charge in [-0.3, -0.25) is 30.1 Å². The first-order valence-electron chi connectivity index (χ1n) is 12.8. The lowest BCUT2D eigenvalue weighted by Gasteiger charge is -2.55. The third-order valence-electron chi connectivity index (χ3n) is 8.03. The number of ether oxygens (including phenoxy) is 2. The van der Waals surface area contributed by atoms with Crippen molar-refractivity contribution in [2.24, 2.45) is 5.41 Å². The molecule has 40 heavy (non-hydrogen) atoms. The van der Waals surface area contributed by atoms with Crippen LogP contribution in [0.15, 0.2) is 35.0 Å². The third kappa shape index (κ3) is 3.28. The quantitative estimate of drug-likeness (QED) is 0.452. The van der Waals surface area contributed by atoms with Gasteiger partial charge in [-0.05, 0) is 37.6 Å². The van der Waals surface area contributed by atoms with Gasteiger partial charge in [-0.2, -0.15) is 0 Å². The highest BCUT2D eigenvalue weighted by Gasteiger charge is 2.63. The van der Waals surface area contributed by atoms with Crippen LogP contribution in [-0.2, 0) is 25.5 Å². The predicted molar refractivity (Wildman–Crippen MR) is 134 cm³/mol. The number of nitrogens with zero attached hydrogens (tertiary/aromatic N) is 4. The monoisotopic (exact) mass is 550 g/mol. The van der Waals surface area contributed by atoms with E-state index in [0.717, 1.165) is 0 Å². The van der Waals surface area contributed by atoms with Gasteiger partial charge in [-0.1, -0.05) is 11.2 Å². The number of halogens is 1. The maximum absolute atomic E-state index is 16.3. The number of fused-ring (bicyclic) bond motifs is 5. The molecule has 2 aromatic heterocycles. The number of carbonyl (C=O) groups excluding carboxylic acids is 4. The number of pyridine rings is 1. The molecule has 0 unspecified atom stereocenters. The topological polar surface area (TPSA) is 156 Å². The van der Waals surface area contributed by atoms with E-state index in [4.69, 9.17) is 14.0 Å². The van der Waals surface area contributed by atoms with Crippen LogP contribution >= 0.6 is 0 Å². The van der Waals surface area contributed by atoms with E-state index in [-0.39, 0.29) is 48.1 Å². The van der Waals surface area contributed by atoms with Crippen molar-refractivity contribution in [2.45, 2.75) is 44.6 Å². The normalized spacial score (nSPS) is 27.4. The Balaban J connectivity index is 1.36. The Morgan fingerprint density at radius 2 is 1.88 bits per heavy atom. The number of carbonyl (C=O) groups is 4. The minimum atomic E-state index is -1.78. The van der Waals surface area contributed by atoms with E-state index in [1.807, 2.05) is 0 Å². The van der Waals surface area contributed by atoms with Crippen molar-refractivity contribution in [3.05, 3.63) is 47.5 Å². The van der Waals surface area contributed by atoms with Gasteiger partial charge in [0.15, 0.2) is 23.2 Å². The van der Waals surface area contributed by atoms with Gasteiger partial charge in [0.2, 0.25) is 17.4 Å². The summed E-state index contributed by atoms with van der Waals surface area (Å²) in [6.07, 6.45) is -1.04. The fraction of sp³-hybridized carbons (Fsp3) is 0.385. The van der Waals surface area contributed by atoms with Crippen LogP contribution < -0.4 is 20.4 Å². The number of hydrogen-bond acceptors (Lipinski definition) is 10. The summed E-state index contributed by atoms with van der Waals surface area (Å²) in [6.45, 7) is 3.74. The number of amides is 5. The van der Waals surface area contributed by atoms with Crippen molar-refractivity contribution in [3.63, 3.8) is 0 Å². The van der Waals surface area contributed by atoms with E-state index >= 15 is 4.39 Å². The van der Waals surface area contributed by atoms with Crippen LogP contribution in [0.3, 0.4) is 0 Å². The predicted octanol–water partition coefficient (Wildman–Crippen LogP) is 1.95. The molecular weight excluding hydrogens is 527 g/mol. The molecule has 0 radical (unpaired) electrons. The number of barbiturate groups is 1. The van der Waals surface area contributed by atoms with E-state index in [1.165, 1.54) is 4.90 Å². The molecule has 4 aliphatic heterocycles. The van der Waals surface area contributed by atoms with Gasteiger partial charge in [0.25, 0.3) is 0 Å². The van der Waals surface area contributed by atoms with Crippen LogP contribution in [0.2, 0.25) is 0 Å². The van der Waals surface area contributed by atoms with E-state index in [0.29, 0.717) is 11.3 Å². The number of nitrogens with one attached hydrogen (secondary N) is 2. The molecule has 1 spiro atoms. The van der Waals surface area contributed by atoms with Crippen LogP contribution in [0, 0.1) is 11.2 Å². The Labute approximate surface area is 225 Å². The second kappa shape index (κ2) is 8.45. The minimum absolute atomic E-state index is 0.0349. The highest BCUT2D eigenvalue weighted by molar-refractivity contribution is 6.20. The Morgan fingerprint density at radius 1 is 1.10 bits per heavy atom. The summed E-state index contributed by atoms with van der Waals surface area (Å²) in [6, 6.07) is 4.98. The zero-order chi connectivity index (χ0) is 27.9. The number of anilines is 2. The second-order valence-corrected chi connectivity index (χ2v) is 10.5. The zero-order valence-corrected chi connectivity index (χ0v) is 21.3. The summed E-state index contributed by atoms with van der Waals surface area (Å²) in [5, 5.41) is 8.59. The molecule has 14 heteroatoms. The molecule has 0 saturated carbocycles.